The molecule has 0 fully saturated rings. The van der Waals surface area contributed by atoms with E-state index in [2.05, 4.69) is 5.32 Å². The fourth-order valence-corrected chi connectivity index (χ4v) is 1.51. The van der Waals surface area contributed by atoms with Crippen LogP contribution in [0, 0.1) is 5.41 Å². The number of carbonyl (C=O) groups is 1. The summed E-state index contributed by atoms with van der Waals surface area (Å²) >= 11 is 0. The first-order valence-electron chi connectivity index (χ1n) is 6.19. The predicted octanol–water partition coefficient (Wildman–Crippen LogP) is 2.40. The van der Waals surface area contributed by atoms with E-state index in [9.17, 15) is 4.79 Å². The first kappa shape index (κ1) is 14.5. The van der Waals surface area contributed by atoms with Gasteiger partial charge in [0, 0.05) is 12.1 Å². The van der Waals surface area contributed by atoms with Gasteiger partial charge in [-0.2, -0.15) is 0 Å². The van der Waals surface area contributed by atoms with Gasteiger partial charge in [0.1, 0.15) is 5.75 Å². The van der Waals surface area contributed by atoms with Crippen LogP contribution < -0.4 is 15.8 Å². The highest BCUT2D eigenvalue weighted by atomic mass is 16.5. The van der Waals surface area contributed by atoms with Crippen molar-refractivity contribution in [2.75, 3.05) is 18.5 Å². The normalized spacial score (nSPS) is 11.1. The summed E-state index contributed by atoms with van der Waals surface area (Å²) in [7, 11) is 0. The Balaban J connectivity index is 2.54. The number of nitrogens with one attached hydrogen (secondary N) is 1. The fourth-order valence-electron chi connectivity index (χ4n) is 1.51. The summed E-state index contributed by atoms with van der Waals surface area (Å²) in [6.07, 6.45) is 0.413. The van der Waals surface area contributed by atoms with Crippen LogP contribution in [0.5, 0.6) is 5.75 Å². The Morgan fingerprint density at radius 1 is 1.33 bits per heavy atom. The lowest BCUT2D eigenvalue weighted by Gasteiger charge is -2.21. The SMILES string of the molecule is CCOc1ccc(NC(=O)CC(C)(C)CN)cc1. The molecule has 0 radical (unpaired) electrons. The molecule has 1 rings (SSSR count). The minimum absolute atomic E-state index is 0.0189. The Labute approximate surface area is 109 Å². The number of benzene rings is 1. The Kier molecular flexibility index (Phi) is 5.16. The van der Waals surface area contributed by atoms with Gasteiger partial charge in [0.15, 0.2) is 0 Å². The molecule has 1 aromatic rings. The topological polar surface area (TPSA) is 64.3 Å². The second-order valence-electron chi connectivity index (χ2n) is 5.05. The van der Waals surface area contributed by atoms with Crippen LogP contribution in [0.4, 0.5) is 5.69 Å². The van der Waals surface area contributed by atoms with E-state index in [1.807, 2.05) is 45.0 Å². The van der Waals surface area contributed by atoms with E-state index < -0.39 is 0 Å². The van der Waals surface area contributed by atoms with Crippen molar-refractivity contribution in [3.63, 3.8) is 0 Å². The van der Waals surface area contributed by atoms with E-state index in [0.29, 0.717) is 19.6 Å². The van der Waals surface area contributed by atoms with Crippen LogP contribution in [-0.4, -0.2) is 19.1 Å². The summed E-state index contributed by atoms with van der Waals surface area (Å²) in [5.74, 6) is 0.785. The van der Waals surface area contributed by atoms with Crippen LogP contribution in [0.1, 0.15) is 27.2 Å². The second kappa shape index (κ2) is 6.40. The fraction of sp³-hybridized carbons (Fsp3) is 0.500. The Bertz CT molecular complexity index is 385. The van der Waals surface area contributed by atoms with Crippen molar-refractivity contribution in [1.29, 1.82) is 0 Å². The third-order valence-corrected chi connectivity index (χ3v) is 2.64. The summed E-state index contributed by atoms with van der Waals surface area (Å²) in [6.45, 7) is 7.01. The molecule has 0 spiro atoms. The molecule has 0 saturated carbocycles. The number of nitrogens with two attached hydrogens (primary N) is 1. The minimum Gasteiger partial charge on any atom is -0.494 e. The van der Waals surface area contributed by atoms with E-state index in [1.165, 1.54) is 0 Å². The lowest BCUT2D eigenvalue weighted by Crippen LogP contribution is -2.29. The summed E-state index contributed by atoms with van der Waals surface area (Å²) in [5.41, 5.74) is 6.21. The molecule has 3 N–H and O–H groups in total. The van der Waals surface area contributed by atoms with Crippen molar-refractivity contribution >= 4 is 11.6 Å². The van der Waals surface area contributed by atoms with Crippen LogP contribution in [0.15, 0.2) is 24.3 Å². The van der Waals surface area contributed by atoms with Crippen LogP contribution in [0.2, 0.25) is 0 Å². The number of amides is 1. The van der Waals surface area contributed by atoms with Gasteiger partial charge in [-0.15, -0.1) is 0 Å². The zero-order valence-electron chi connectivity index (χ0n) is 11.3. The third kappa shape index (κ3) is 4.75. The van der Waals surface area contributed by atoms with Crippen molar-refractivity contribution in [1.82, 2.24) is 0 Å². The quantitative estimate of drug-likeness (QED) is 0.814. The van der Waals surface area contributed by atoms with E-state index in [4.69, 9.17) is 10.5 Å². The number of rotatable bonds is 6. The number of ether oxygens (including phenoxy) is 1. The molecule has 0 aliphatic heterocycles. The molecular formula is C14H22N2O2. The first-order chi connectivity index (χ1) is 8.46. The van der Waals surface area contributed by atoms with Gasteiger partial charge in [0.25, 0.3) is 0 Å². The van der Waals surface area contributed by atoms with Crippen molar-refractivity contribution < 1.29 is 9.53 Å². The number of carbonyl (C=O) groups excluding carboxylic acids is 1. The lowest BCUT2D eigenvalue weighted by atomic mass is 9.89. The van der Waals surface area contributed by atoms with Gasteiger partial charge in [-0.3, -0.25) is 4.79 Å². The zero-order valence-corrected chi connectivity index (χ0v) is 11.3. The van der Waals surface area contributed by atoms with Gasteiger partial charge in [-0.05, 0) is 43.1 Å². The molecule has 1 aromatic carbocycles. The Morgan fingerprint density at radius 2 is 1.94 bits per heavy atom. The molecule has 0 aromatic heterocycles. The molecular weight excluding hydrogens is 228 g/mol. The molecule has 0 atom stereocenters. The molecule has 0 unspecified atom stereocenters. The van der Waals surface area contributed by atoms with Crippen LogP contribution in [0.25, 0.3) is 0 Å². The molecule has 1 amide bonds. The Morgan fingerprint density at radius 3 is 2.44 bits per heavy atom. The van der Waals surface area contributed by atoms with Crippen LogP contribution in [-0.2, 0) is 4.79 Å². The monoisotopic (exact) mass is 250 g/mol. The van der Waals surface area contributed by atoms with Crippen molar-refractivity contribution in [2.24, 2.45) is 11.1 Å². The van der Waals surface area contributed by atoms with Gasteiger partial charge in [-0.25, -0.2) is 0 Å². The van der Waals surface area contributed by atoms with Gasteiger partial charge >= 0.3 is 0 Å². The number of hydrogen-bond donors (Lipinski definition) is 2. The van der Waals surface area contributed by atoms with Gasteiger partial charge in [0.05, 0.1) is 6.61 Å². The molecule has 0 aliphatic carbocycles. The Hall–Kier alpha value is -1.55. The van der Waals surface area contributed by atoms with Gasteiger partial charge < -0.3 is 15.8 Å². The largest absolute Gasteiger partial charge is 0.494 e. The molecule has 0 aliphatic rings. The summed E-state index contributed by atoms with van der Waals surface area (Å²) in [6, 6.07) is 7.34. The predicted molar refractivity (Wildman–Crippen MR) is 73.7 cm³/mol. The second-order valence-corrected chi connectivity index (χ2v) is 5.05. The average molecular weight is 250 g/mol. The van der Waals surface area contributed by atoms with Crippen molar-refractivity contribution in [3.05, 3.63) is 24.3 Å². The third-order valence-electron chi connectivity index (χ3n) is 2.64. The van der Waals surface area contributed by atoms with E-state index in [0.717, 1.165) is 11.4 Å². The minimum atomic E-state index is -0.171. The molecule has 100 valence electrons. The molecule has 18 heavy (non-hydrogen) atoms. The van der Waals surface area contributed by atoms with E-state index in [1.54, 1.807) is 0 Å². The molecule has 0 heterocycles. The summed E-state index contributed by atoms with van der Waals surface area (Å²) < 4.78 is 5.33. The maximum absolute atomic E-state index is 11.8. The van der Waals surface area contributed by atoms with Crippen molar-refractivity contribution in [2.45, 2.75) is 27.2 Å². The van der Waals surface area contributed by atoms with Gasteiger partial charge in [-0.1, -0.05) is 13.8 Å². The average Bonchev–Trinajstić information content (AvgIpc) is 2.31. The highest BCUT2D eigenvalue weighted by Gasteiger charge is 2.20. The molecule has 0 saturated heterocycles. The standard InChI is InChI=1S/C14H22N2O2/c1-4-18-12-7-5-11(6-8-12)16-13(17)9-14(2,3)10-15/h5-8H,4,9-10,15H2,1-3H3,(H,16,17). The highest BCUT2D eigenvalue weighted by Crippen LogP contribution is 2.20. The lowest BCUT2D eigenvalue weighted by molar-refractivity contribution is -0.117. The van der Waals surface area contributed by atoms with Gasteiger partial charge in [0.2, 0.25) is 5.91 Å². The van der Waals surface area contributed by atoms with Crippen LogP contribution >= 0.6 is 0 Å². The molecule has 4 heteroatoms. The maximum atomic E-state index is 11.8. The number of hydrogen-bond acceptors (Lipinski definition) is 3. The first-order valence-corrected chi connectivity index (χ1v) is 6.19. The van der Waals surface area contributed by atoms with Crippen LogP contribution in [0.3, 0.4) is 0 Å². The summed E-state index contributed by atoms with van der Waals surface area (Å²) in [4.78, 5) is 11.8. The summed E-state index contributed by atoms with van der Waals surface area (Å²) in [5, 5.41) is 2.85. The zero-order chi connectivity index (χ0) is 13.6. The smallest absolute Gasteiger partial charge is 0.224 e. The van der Waals surface area contributed by atoms with E-state index in [-0.39, 0.29) is 11.3 Å². The molecule has 0 bridgehead atoms. The van der Waals surface area contributed by atoms with E-state index >= 15 is 0 Å². The molecule has 4 nitrogen and oxygen atoms in total. The maximum Gasteiger partial charge on any atom is 0.224 e. The number of anilines is 1. The van der Waals surface area contributed by atoms with Crippen molar-refractivity contribution in [3.8, 4) is 5.75 Å². The highest BCUT2D eigenvalue weighted by molar-refractivity contribution is 5.91.